The highest BCUT2D eigenvalue weighted by atomic mass is 79.9. The Balaban J connectivity index is 2.76. The summed E-state index contributed by atoms with van der Waals surface area (Å²) in [4.78, 5) is 0. The summed E-state index contributed by atoms with van der Waals surface area (Å²) in [6.07, 6.45) is 5.01. The van der Waals surface area contributed by atoms with Gasteiger partial charge in [0, 0.05) is 0 Å². The second-order valence-corrected chi connectivity index (χ2v) is 5.86. The molecule has 2 heteroatoms. The molecule has 0 fully saturated rings. The van der Waals surface area contributed by atoms with Crippen LogP contribution in [0.3, 0.4) is 0 Å². The first kappa shape index (κ1) is 13.6. The highest BCUT2D eigenvalue weighted by Crippen LogP contribution is 2.34. The van der Waals surface area contributed by atoms with Crippen molar-refractivity contribution in [3.05, 3.63) is 28.2 Å². The molecule has 0 unspecified atom stereocenters. The third kappa shape index (κ3) is 3.51. The van der Waals surface area contributed by atoms with E-state index in [2.05, 4.69) is 36.7 Å². The molecule has 0 radical (unpaired) electrons. The normalized spacial score (nSPS) is 11.8. The van der Waals surface area contributed by atoms with Gasteiger partial charge < -0.3 is 5.11 Å². The lowest BCUT2D eigenvalue weighted by Crippen LogP contribution is -2.16. The fourth-order valence-corrected chi connectivity index (χ4v) is 2.27. The maximum atomic E-state index is 9.48. The highest BCUT2D eigenvalue weighted by molar-refractivity contribution is 9.10. The molecule has 0 aliphatic heterocycles. The SMILES string of the molecule is CCCCCC(C)(C)c1ccc(O)c(Br)c1. The number of halogens is 1. The van der Waals surface area contributed by atoms with Gasteiger partial charge in [0.15, 0.2) is 0 Å². The zero-order valence-electron chi connectivity index (χ0n) is 10.4. The van der Waals surface area contributed by atoms with Gasteiger partial charge in [0.2, 0.25) is 0 Å². The smallest absolute Gasteiger partial charge is 0.129 e. The van der Waals surface area contributed by atoms with Crippen LogP contribution in [0.1, 0.15) is 52.0 Å². The Morgan fingerprint density at radius 2 is 1.94 bits per heavy atom. The van der Waals surface area contributed by atoms with E-state index in [0.29, 0.717) is 5.75 Å². The van der Waals surface area contributed by atoms with Crippen molar-refractivity contribution in [1.29, 1.82) is 0 Å². The molecule has 1 N–H and O–H groups in total. The Morgan fingerprint density at radius 3 is 2.50 bits per heavy atom. The molecule has 0 saturated carbocycles. The van der Waals surface area contributed by atoms with E-state index >= 15 is 0 Å². The van der Waals surface area contributed by atoms with Crippen molar-refractivity contribution in [2.45, 2.75) is 51.9 Å². The number of unbranched alkanes of at least 4 members (excludes halogenated alkanes) is 2. The molecule has 1 aromatic carbocycles. The molecule has 0 bridgehead atoms. The minimum atomic E-state index is 0.186. The molecule has 0 aliphatic carbocycles. The molecule has 1 aromatic rings. The van der Waals surface area contributed by atoms with E-state index in [1.165, 1.54) is 31.2 Å². The van der Waals surface area contributed by atoms with Crippen LogP contribution in [0.15, 0.2) is 22.7 Å². The zero-order chi connectivity index (χ0) is 12.2. The van der Waals surface area contributed by atoms with E-state index in [9.17, 15) is 5.11 Å². The Morgan fingerprint density at radius 1 is 1.25 bits per heavy atom. The number of hydrogen-bond donors (Lipinski definition) is 1. The van der Waals surface area contributed by atoms with Crippen LogP contribution in [0.2, 0.25) is 0 Å². The zero-order valence-corrected chi connectivity index (χ0v) is 12.0. The molecule has 0 atom stereocenters. The van der Waals surface area contributed by atoms with Crippen LogP contribution in [0, 0.1) is 0 Å². The van der Waals surface area contributed by atoms with Gasteiger partial charge in [-0.3, -0.25) is 0 Å². The lowest BCUT2D eigenvalue weighted by Gasteiger charge is -2.25. The summed E-state index contributed by atoms with van der Waals surface area (Å²) >= 11 is 3.37. The Labute approximate surface area is 107 Å². The molecule has 1 nitrogen and oxygen atoms in total. The average molecular weight is 285 g/mol. The topological polar surface area (TPSA) is 20.2 Å². The van der Waals surface area contributed by atoms with Crippen molar-refractivity contribution >= 4 is 15.9 Å². The Bertz CT molecular complexity index is 345. The summed E-state index contributed by atoms with van der Waals surface area (Å²) in [7, 11) is 0. The van der Waals surface area contributed by atoms with Gasteiger partial charge in [-0.15, -0.1) is 0 Å². The fraction of sp³-hybridized carbons (Fsp3) is 0.571. The molecule has 0 spiro atoms. The van der Waals surface area contributed by atoms with Crippen LogP contribution in [0.4, 0.5) is 0 Å². The first-order valence-corrected chi connectivity index (χ1v) is 6.75. The first-order valence-electron chi connectivity index (χ1n) is 5.96. The van der Waals surface area contributed by atoms with E-state index in [1.807, 2.05) is 12.1 Å². The summed E-state index contributed by atoms with van der Waals surface area (Å²) in [5, 5.41) is 9.48. The number of hydrogen-bond acceptors (Lipinski definition) is 1. The predicted octanol–water partition coefficient (Wildman–Crippen LogP) is 5.01. The molecule has 0 saturated heterocycles. The molecule has 0 heterocycles. The van der Waals surface area contributed by atoms with Gasteiger partial charge in [0.1, 0.15) is 5.75 Å². The van der Waals surface area contributed by atoms with Gasteiger partial charge in [-0.2, -0.15) is 0 Å². The maximum Gasteiger partial charge on any atom is 0.129 e. The fourth-order valence-electron chi connectivity index (χ4n) is 1.89. The van der Waals surface area contributed by atoms with Gasteiger partial charge in [0.05, 0.1) is 4.47 Å². The van der Waals surface area contributed by atoms with Crippen molar-refractivity contribution in [3.63, 3.8) is 0 Å². The Kier molecular flexibility index (Phi) is 4.85. The van der Waals surface area contributed by atoms with Crippen LogP contribution in [-0.4, -0.2) is 5.11 Å². The van der Waals surface area contributed by atoms with Crippen molar-refractivity contribution in [1.82, 2.24) is 0 Å². The molecule has 0 aromatic heterocycles. The number of phenols is 1. The predicted molar refractivity (Wildman–Crippen MR) is 73.0 cm³/mol. The van der Waals surface area contributed by atoms with E-state index < -0.39 is 0 Å². The second-order valence-electron chi connectivity index (χ2n) is 5.01. The molecule has 90 valence electrons. The van der Waals surface area contributed by atoms with Crippen LogP contribution >= 0.6 is 15.9 Å². The quantitative estimate of drug-likeness (QED) is 0.754. The third-order valence-corrected chi connectivity index (χ3v) is 3.77. The molecule has 0 aliphatic rings. The second kappa shape index (κ2) is 5.72. The monoisotopic (exact) mass is 284 g/mol. The number of rotatable bonds is 5. The van der Waals surface area contributed by atoms with Crippen molar-refractivity contribution in [2.75, 3.05) is 0 Å². The Hall–Kier alpha value is -0.500. The molecule has 16 heavy (non-hydrogen) atoms. The molecular weight excluding hydrogens is 264 g/mol. The maximum absolute atomic E-state index is 9.48. The van der Waals surface area contributed by atoms with Crippen molar-refractivity contribution in [3.8, 4) is 5.75 Å². The van der Waals surface area contributed by atoms with Gasteiger partial charge >= 0.3 is 0 Å². The number of benzene rings is 1. The largest absolute Gasteiger partial charge is 0.507 e. The number of phenolic OH excluding ortho intramolecular Hbond substituents is 1. The summed E-state index contributed by atoms with van der Waals surface area (Å²) in [5.41, 5.74) is 1.47. The van der Waals surface area contributed by atoms with Crippen LogP contribution in [-0.2, 0) is 5.41 Å². The average Bonchev–Trinajstić information content (AvgIpc) is 2.22. The number of aromatic hydroxyl groups is 1. The first-order chi connectivity index (χ1) is 7.47. The van der Waals surface area contributed by atoms with Crippen LogP contribution in [0.5, 0.6) is 5.75 Å². The van der Waals surface area contributed by atoms with Gasteiger partial charge in [-0.05, 0) is 45.5 Å². The summed E-state index contributed by atoms with van der Waals surface area (Å²) in [6, 6.07) is 5.81. The van der Waals surface area contributed by atoms with Crippen molar-refractivity contribution in [2.24, 2.45) is 0 Å². The van der Waals surface area contributed by atoms with E-state index in [-0.39, 0.29) is 5.41 Å². The van der Waals surface area contributed by atoms with Crippen LogP contribution < -0.4 is 0 Å². The minimum Gasteiger partial charge on any atom is -0.507 e. The molecular formula is C14H21BrO. The summed E-state index contributed by atoms with van der Waals surface area (Å²) in [5.74, 6) is 0.313. The minimum absolute atomic E-state index is 0.186. The van der Waals surface area contributed by atoms with Gasteiger partial charge in [0.25, 0.3) is 0 Å². The lowest BCUT2D eigenvalue weighted by atomic mass is 9.80. The third-order valence-electron chi connectivity index (χ3n) is 3.13. The summed E-state index contributed by atoms with van der Waals surface area (Å²) in [6.45, 7) is 6.76. The van der Waals surface area contributed by atoms with Gasteiger partial charge in [-0.1, -0.05) is 46.1 Å². The lowest BCUT2D eigenvalue weighted by molar-refractivity contribution is 0.445. The van der Waals surface area contributed by atoms with Gasteiger partial charge in [-0.25, -0.2) is 0 Å². The van der Waals surface area contributed by atoms with Crippen LogP contribution in [0.25, 0.3) is 0 Å². The molecule has 0 amide bonds. The molecule has 1 rings (SSSR count). The summed E-state index contributed by atoms with van der Waals surface area (Å²) < 4.78 is 0.786. The highest BCUT2D eigenvalue weighted by Gasteiger charge is 2.20. The van der Waals surface area contributed by atoms with E-state index in [4.69, 9.17) is 0 Å². The van der Waals surface area contributed by atoms with Crippen molar-refractivity contribution < 1.29 is 5.11 Å². The van der Waals surface area contributed by atoms with E-state index in [1.54, 1.807) is 6.07 Å². The standard InChI is InChI=1S/C14H21BrO/c1-4-5-6-9-14(2,3)11-7-8-13(16)12(15)10-11/h7-8,10,16H,4-6,9H2,1-3H3. The van der Waals surface area contributed by atoms with E-state index in [0.717, 1.165) is 4.47 Å².